The lowest BCUT2D eigenvalue weighted by atomic mass is 9.90. The first kappa shape index (κ1) is 16.8. The van der Waals surface area contributed by atoms with E-state index in [1.54, 1.807) is 30.0 Å². The second-order valence-corrected chi connectivity index (χ2v) is 6.78. The van der Waals surface area contributed by atoms with Gasteiger partial charge in [0.1, 0.15) is 12.4 Å². The van der Waals surface area contributed by atoms with Crippen molar-refractivity contribution in [2.45, 2.75) is 32.3 Å². The highest BCUT2D eigenvalue weighted by Gasteiger charge is 2.42. The molecular formula is C18H23NO5. The largest absolute Gasteiger partial charge is 0.490 e. The van der Waals surface area contributed by atoms with Crippen molar-refractivity contribution >= 4 is 11.9 Å². The summed E-state index contributed by atoms with van der Waals surface area (Å²) in [7, 11) is 0. The lowest BCUT2D eigenvalue weighted by molar-refractivity contribution is -0.147. The Labute approximate surface area is 141 Å². The maximum atomic E-state index is 12.8. The van der Waals surface area contributed by atoms with Crippen molar-refractivity contribution in [3.05, 3.63) is 29.8 Å². The maximum absolute atomic E-state index is 12.8. The predicted molar refractivity (Wildman–Crippen MR) is 87.2 cm³/mol. The van der Waals surface area contributed by atoms with Crippen molar-refractivity contribution in [3.63, 3.8) is 0 Å². The number of amides is 1. The SMILES string of the molecule is C[C@@]1(C(=O)O)CCN(C(=O)c2ccccc2OC[C@H]2CCCO2)C1. The van der Waals surface area contributed by atoms with Gasteiger partial charge in [0.05, 0.1) is 17.1 Å². The number of benzene rings is 1. The zero-order valence-electron chi connectivity index (χ0n) is 13.9. The molecule has 1 amide bonds. The van der Waals surface area contributed by atoms with Gasteiger partial charge in [-0.05, 0) is 38.3 Å². The van der Waals surface area contributed by atoms with Crippen molar-refractivity contribution in [3.8, 4) is 5.75 Å². The van der Waals surface area contributed by atoms with Gasteiger partial charge >= 0.3 is 5.97 Å². The number of ether oxygens (including phenoxy) is 2. The van der Waals surface area contributed by atoms with Crippen molar-refractivity contribution in [2.75, 3.05) is 26.3 Å². The van der Waals surface area contributed by atoms with Crippen LogP contribution in [0.25, 0.3) is 0 Å². The van der Waals surface area contributed by atoms with E-state index in [1.165, 1.54) is 0 Å². The minimum Gasteiger partial charge on any atom is -0.490 e. The molecule has 2 aliphatic rings. The van der Waals surface area contributed by atoms with Crippen LogP contribution >= 0.6 is 0 Å². The quantitative estimate of drug-likeness (QED) is 0.894. The highest BCUT2D eigenvalue weighted by molar-refractivity contribution is 5.97. The summed E-state index contributed by atoms with van der Waals surface area (Å²) in [5.74, 6) is -0.509. The molecule has 2 aliphatic heterocycles. The Morgan fingerprint density at radius 2 is 2.21 bits per heavy atom. The molecule has 0 unspecified atom stereocenters. The number of nitrogens with zero attached hydrogens (tertiary/aromatic N) is 1. The van der Waals surface area contributed by atoms with Crippen LogP contribution in [0.15, 0.2) is 24.3 Å². The van der Waals surface area contributed by atoms with Crippen LogP contribution in [-0.2, 0) is 9.53 Å². The lowest BCUT2D eigenvalue weighted by Crippen LogP contribution is -2.35. The van der Waals surface area contributed by atoms with Crippen LogP contribution in [0.1, 0.15) is 36.5 Å². The fraction of sp³-hybridized carbons (Fsp3) is 0.556. The van der Waals surface area contributed by atoms with Crippen LogP contribution in [-0.4, -0.2) is 54.3 Å². The number of aliphatic carboxylic acids is 1. The smallest absolute Gasteiger partial charge is 0.311 e. The van der Waals surface area contributed by atoms with Crippen LogP contribution in [0.4, 0.5) is 0 Å². The summed E-state index contributed by atoms with van der Waals surface area (Å²) in [5, 5.41) is 9.33. The first-order valence-corrected chi connectivity index (χ1v) is 8.36. The van der Waals surface area contributed by atoms with E-state index >= 15 is 0 Å². The molecule has 0 aliphatic carbocycles. The van der Waals surface area contributed by atoms with Gasteiger partial charge in [0, 0.05) is 19.7 Å². The molecule has 2 saturated heterocycles. The highest BCUT2D eigenvalue weighted by Crippen LogP contribution is 2.32. The normalized spacial score (nSPS) is 26.5. The molecule has 2 fully saturated rings. The van der Waals surface area contributed by atoms with E-state index in [0.29, 0.717) is 30.9 Å². The summed E-state index contributed by atoms with van der Waals surface area (Å²) in [4.78, 5) is 25.8. The number of carboxylic acid groups (broad SMARTS) is 1. The molecule has 1 aromatic rings. The van der Waals surface area contributed by atoms with Crippen molar-refractivity contribution in [1.82, 2.24) is 4.90 Å². The van der Waals surface area contributed by atoms with E-state index in [1.807, 2.05) is 6.07 Å². The average molecular weight is 333 g/mol. The molecule has 1 N–H and O–H groups in total. The Hall–Kier alpha value is -2.08. The van der Waals surface area contributed by atoms with Gasteiger partial charge in [-0.2, -0.15) is 0 Å². The van der Waals surface area contributed by atoms with Gasteiger partial charge in [-0.15, -0.1) is 0 Å². The lowest BCUT2D eigenvalue weighted by Gasteiger charge is -2.21. The van der Waals surface area contributed by atoms with Gasteiger partial charge in [-0.25, -0.2) is 0 Å². The Kier molecular flexibility index (Phi) is 4.76. The third kappa shape index (κ3) is 3.38. The number of carboxylic acids is 1. The van der Waals surface area contributed by atoms with Gasteiger partial charge in [-0.3, -0.25) is 9.59 Å². The van der Waals surface area contributed by atoms with Crippen LogP contribution in [0.3, 0.4) is 0 Å². The third-order valence-electron chi connectivity index (χ3n) is 4.84. The molecule has 0 bridgehead atoms. The third-order valence-corrected chi connectivity index (χ3v) is 4.84. The van der Waals surface area contributed by atoms with Crippen LogP contribution < -0.4 is 4.74 Å². The minimum atomic E-state index is -0.872. The monoisotopic (exact) mass is 333 g/mol. The number of hydrogen-bond donors (Lipinski definition) is 1. The average Bonchev–Trinajstić information content (AvgIpc) is 3.23. The first-order valence-electron chi connectivity index (χ1n) is 8.36. The summed E-state index contributed by atoms with van der Waals surface area (Å²) in [6.45, 7) is 3.54. The van der Waals surface area contributed by atoms with Gasteiger partial charge in [0.2, 0.25) is 0 Å². The van der Waals surface area contributed by atoms with Crippen LogP contribution in [0.2, 0.25) is 0 Å². The van der Waals surface area contributed by atoms with Crippen molar-refractivity contribution in [1.29, 1.82) is 0 Å². The minimum absolute atomic E-state index is 0.0789. The first-order chi connectivity index (χ1) is 11.5. The van der Waals surface area contributed by atoms with E-state index < -0.39 is 11.4 Å². The van der Waals surface area contributed by atoms with Crippen molar-refractivity contribution in [2.24, 2.45) is 5.41 Å². The molecular weight excluding hydrogens is 310 g/mol. The Balaban J connectivity index is 1.70. The summed E-state index contributed by atoms with van der Waals surface area (Å²) >= 11 is 0. The van der Waals surface area contributed by atoms with Gasteiger partial charge in [0.15, 0.2) is 0 Å². The summed E-state index contributed by atoms with van der Waals surface area (Å²) in [6.07, 6.45) is 2.55. The zero-order chi connectivity index (χ0) is 17.2. The van der Waals surface area contributed by atoms with Crippen LogP contribution in [0.5, 0.6) is 5.75 Å². The van der Waals surface area contributed by atoms with E-state index in [0.717, 1.165) is 19.4 Å². The molecule has 2 atom stereocenters. The molecule has 3 rings (SSSR count). The molecule has 0 aromatic heterocycles. The molecule has 0 radical (unpaired) electrons. The zero-order valence-corrected chi connectivity index (χ0v) is 13.9. The number of para-hydroxylation sites is 1. The molecule has 6 heteroatoms. The summed E-state index contributed by atoms with van der Waals surface area (Å²) in [6, 6.07) is 7.11. The van der Waals surface area contributed by atoms with Gasteiger partial charge in [-0.1, -0.05) is 12.1 Å². The Morgan fingerprint density at radius 3 is 2.88 bits per heavy atom. The molecule has 1 aromatic carbocycles. The molecule has 6 nitrogen and oxygen atoms in total. The fourth-order valence-electron chi connectivity index (χ4n) is 3.21. The highest BCUT2D eigenvalue weighted by atomic mass is 16.5. The maximum Gasteiger partial charge on any atom is 0.311 e. The molecule has 2 heterocycles. The van der Waals surface area contributed by atoms with Crippen molar-refractivity contribution < 1.29 is 24.2 Å². The predicted octanol–water partition coefficient (Wildman–Crippen LogP) is 2.18. The summed E-state index contributed by atoms with van der Waals surface area (Å²) in [5.41, 5.74) is -0.395. The molecule has 0 spiro atoms. The van der Waals surface area contributed by atoms with Gasteiger partial charge in [0.25, 0.3) is 5.91 Å². The second-order valence-electron chi connectivity index (χ2n) is 6.78. The summed E-state index contributed by atoms with van der Waals surface area (Å²) < 4.78 is 11.4. The van der Waals surface area contributed by atoms with E-state index in [2.05, 4.69) is 0 Å². The van der Waals surface area contributed by atoms with E-state index in [-0.39, 0.29) is 18.6 Å². The number of carbonyl (C=O) groups is 2. The van der Waals surface area contributed by atoms with Crippen LogP contribution in [0, 0.1) is 5.41 Å². The molecule has 130 valence electrons. The topological polar surface area (TPSA) is 76.1 Å². The number of rotatable bonds is 5. The fourth-order valence-corrected chi connectivity index (χ4v) is 3.21. The standard InChI is InChI=1S/C18H23NO5/c1-18(17(21)22)8-9-19(12-18)16(20)14-6-2-3-7-15(14)24-11-13-5-4-10-23-13/h2-3,6-7,13H,4-5,8-12H2,1H3,(H,21,22)/t13-,18-/m1/s1. The number of carbonyl (C=O) groups excluding carboxylic acids is 1. The van der Waals surface area contributed by atoms with Gasteiger partial charge < -0.3 is 19.5 Å². The number of likely N-dealkylation sites (tertiary alicyclic amines) is 1. The van der Waals surface area contributed by atoms with E-state index in [4.69, 9.17) is 9.47 Å². The van der Waals surface area contributed by atoms with E-state index in [9.17, 15) is 14.7 Å². The molecule has 24 heavy (non-hydrogen) atoms. The second kappa shape index (κ2) is 6.81. The number of hydrogen-bond acceptors (Lipinski definition) is 4. The Morgan fingerprint density at radius 1 is 1.42 bits per heavy atom. The Bertz CT molecular complexity index is 626. The molecule has 0 saturated carbocycles.